The molecule has 1 heterocycles. The number of piperidine rings is 1. The fourth-order valence-electron chi connectivity index (χ4n) is 3.80. The van der Waals surface area contributed by atoms with Gasteiger partial charge in [0.1, 0.15) is 29.7 Å². The number of carboxylic acids is 1. The molecule has 1 saturated heterocycles. The highest BCUT2D eigenvalue weighted by Gasteiger charge is 2.24. The van der Waals surface area contributed by atoms with Gasteiger partial charge in [-0.05, 0) is 55.5 Å². The van der Waals surface area contributed by atoms with E-state index in [1.807, 2.05) is 38.7 Å². The third-order valence-electron chi connectivity index (χ3n) is 5.50. The minimum atomic E-state index is -0.854. The Balaban J connectivity index is 0.00000163. The summed E-state index contributed by atoms with van der Waals surface area (Å²) < 4.78 is 25.8. The second-order valence-corrected chi connectivity index (χ2v) is 7.91. The van der Waals surface area contributed by atoms with E-state index in [-0.39, 0.29) is 18.7 Å². The number of halogens is 1. The standard InChI is InChI=1S/C24H31FN4O4.2C2H6/c1-32-18-9-10-20(25)22(15-18)29(27)24(28-12-3-2-4-13-28)21(26)16-33-19-7-5-6-17(14-19)8-11-23(30)31;2*1-2/h5-7,9-10,14-15H,2-4,8,11-13,16,26-27H2,1H3,(H,30,31);2*1-2H3/b24-21-;;. The van der Waals surface area contributed by atoms with E-state index in [9.17, 15) is 9.18 Å². The molecule has 1 aliphatic rings. The third kappa shape index (κ3) is 9.84. The molecule has 2 aromatic rings. The third-order valence-corrected chi connectivity index (χ3v) is 5.50. The number of benzene rings is 2. The Morgan fingerprint density at radius 2 is 1.73 bits per heavy atom. The highest BCUT2D eigenvalue weighted by molar-refractivity contribution is 5.67. The molecule has 9 heteroatoms. The molecule has 1 aliphatic heterocycles. The van der Waals surface area contributed by atoms with Gasteiger partial charge in [0.2, 0.25) is 0 Å². The largest absolute Gasteiger partial charge is 0.497 e. The molecule has 0 aliphatic carbocycles. The van der Waals surface area contributed by atoms with Crippen molar-refractivity contribution in [2.75, 3.05) is 31.8 Å². The van der Waals surface area contributed by atoms with E-state index in [1.54, 1.807) is 18.2 Å². The summed E-state index contributed by atoms with van der Waals surface area (Å²) in [5.74, 6) is 6.59. The number of methoxy groups -OCH3 is 1. The molecule has 0 spiro atoms. The van der Waals surface area contributed by atoms with Crippen LogP contribution in [0.3, 0.4) is 0 Å². The molecule has 0 radical (unpaired) electrons. The average Bonchev–Trinajstić information content (AvgIpc) is 2.94. The lowest BCUT2D eigenvalue weighted by atomic mass is 10.1. The van der Waals surface area contributed by atoms with Crippen LogP contribution in [0.4, 0.5) is 10.1 Å². The molecule has 0 bridgehead atoms. The maximum Gasteiger partial charge on any atom is 0.303 e. The SMILES string of the molecule is CC.CC.COc1ccc(F)c(N(N)/C(=C(\N)COc2cccc(CCC(=O)O)c2)N2CCCCC2)c1. The summed E-state index contributed by atoms with van der Waals surface area (Å²) in [4.78, 5) is 12.9. The Bertz CT molecular complexity index is 994. The number of rotatable bonds is 10. The molecule has 2 aromatic carbocycles. The lowest BCUT2D eigenvalue weighted by Gasteiger charge is -2.36. The Morgan fingerprint density at radius 3 is 2.35 bits per heavy atom. The molecule has 206 valence electrons. The van der Waals surface area contributed by atoms with Crippen molar-refractivity contribution in [1.82, 2.24) is 4.90 Å². The van der Waals surface area contributed by atoms with Crippen molar-refractivity contribution in [2.24, 2.45) is 11.6 Å². The van der Waals surface area contributed by atoms with E-state index >= 15 is 0 Å². The van der Waals surface area contributed by atoms with E-state index in [0.717, 1.165) is 37.9 Å². The zero-order valence-electron chi connectivity index (χ0n) is 22.8. The Morgan fingerprint density at radius 1 is 1.05 bits per heavy atom. The van der Waals surface area contributed by atoms with Gasteiger partial charge in [0, 0.05) is 25.6 Å². The van der Waals surface area contributed by atoms with Crippen LogP contribution in [0.15, 0.2) is 54.0 Å². The molecule has 0 aromatic heterocycles. The zero-order chi connectivity index (χ0) is 27.8. The van der Waals surface area contributed by atoms with Crippen LogP contribution < -0.4 is 26.1 Å². The van der Waals surface area contributed by atoms with Crippen molar-refractivity contribution < 1.29 is 23.8 Å². The topological polar surface area (TPSA) is 114 Å². The molecular weight excluding hydrogens is 475 g/mol. The first kappa shape index (κ1) is 31.6. The second-order valence-electron chi connectivity index (χ2n) is 7.91. The lowest BCUT2D eigenvalue weighted by molar-refractivity contribution is -0.136. The number of nitrogens with two attached hydrogens (primary N) is 2. The number of ether oxygens (including phenoxy) is 2. The molecule has 37 heavy (non-hydrogen) atoms. The smallest absolute Gasteiger partial charge is 0.303 e. The molecule has 0 atom stereocenters. The van der Waals surface area contributed by atoms with Gasteiger partial charge in [0.25, 0.3) is 0 Å². The summed E-state index contributed by atoms with van der Waals surface area (Å²) in [5, 5.41) is 10.1. The fourth-order valence-corrected chi connectivity index (χ4v) is 3.80. The highest BCUT2D eigenvalue weighted by atomic mass is 19.1. The molecule has 1 fully saturated rings. The number of hydrogen-bond donors (Lipinski definition) is 3. The van der Waals surface area contributed by atoms with Crippen LogP contribution in [0.1, 0.15) is 58.9 Å². The molecule has 0 unspecified atom stereocenters. The first-order valence-corrected chi connectivity index (χ1v) is 12.9. The minimum Gasteiger partial charge on any atom is -0.497 e. The molecule has 0 saturated carbocycles. The van der Waals surface area contributed by atoms with Crippen LogP contribution in [0.2, 0.25) is 0 Å². The van der Waals surface area contributed by atoms with Crippen LogP contribution in [0.5, 0.6) is 11.5 Å². The van der Waals surface area contributed by atoms with Gasteiger partial charge in [-0.25, -0.2) is 10.2 Å². The molecule has 5 N–H and O–H groups in total. The maximum absolute atomic E-state index is 14.6. The molecule has 3 rings (SSSR count). The van der Waals surface area contributed by atoms with Crippen molar-refractivity contribution in [1.29, 1.82) is 0 Å². The zero-order valence-corrected chi connectivity index (χ0v) is 22.8. The van der Waals surface area contributed by atoms with Crippen LogP contribution in [0.25, 0.3) is 0 Å². The maximum atomic E-state index is 14.6. The van der Waals surface area contributed by atoms with Gasteiger partial charge in [0.05, 0.1) is 18.5 Å². The number of nitrogens with zero attached hydrogens (tertiary/aromatic N) is 2. The minimum absolute atomic E-state index is 0.0352. The monoisotopic (exact) mass is 518 g/mol. The van der Waals surface area contributed by atoms with Crippen molar-refractivity contribution in [2.45, 2.75) is 59.8 Å². The van der Waals surface area contributed by atoms with Crippen molar-refractivity contribution in [3.63, 3.8) is 0 Å². The lowest BCUT2D eigenvalue weighted by Crippen LogP contribution is -2.45. The summed E-state index contributed by atoms with van der Waals surface area (Å²) >= 11 is 0. The van der Waals surface area contributed by atoms with Gasteiger partial charge in [-0.3, -0.25) is 9.80 Å². The first-order chi connectivity index (χ1) is 17.9. The number of likely N-dealkylation sites (tertiary alicyclic amines) is 1. The molecular formula is C28H43FN4O4. The van der Waals surface area contributed by atoms with E-state index in [0.29, 0.717) is 29.4 Å². The van der Waals surface area contributed by atoms with Gasteiger partial charge in [-0.1, -0.05) is 39.8 Å². The van der Waals surface area contributed by atoms with Gasteiger partial charge in [0.15, 0.2) is 0 Å². The summed E-state index contributed by atoms with van der Waals surface area (Å²) in [7, 11) is 1.51. The van der Waals surface area contributed by atoms with Crippen LogP contribution in [0, 0.1) is 5.82 Å². The van der Waals surface area contributed by atoms with Gasteiger partial charge >= 0.3 is 5.97 Å². The van der Waals surface area contributed by atoms with Crippen LogP contribution in [-0.4, -0.2) is 42.8 Å². The molecule has 8 nitrogen and oxygen atoms in total. The van der Waals surface area contributed by atoms with Gasteiger partial charge in [-0.2, -0.15) is 0 Å². The first-order valence-electron chi connectivity index (χ1n) is 12.9. The Labute approximate surface area is 220 Å². The predicted octanol–water partition coefficient (Wildman–Crippen LogP) is 5.28. The van der Waals surface area contributed by atoms with Crippen LogP contribution in [-0.2, 0) is 11.2 Å². The van der Waals surface area contributed by atoms with Gasteiger partial charge in [-0.15, -0.1) is 0 Å². The Kier molecular flexibility index (Phi) is 14.6. The number of carboxylic acid groups (broad SMARTS) is 1. The van der Waals surface area contributed by atoms with E-state index < -0.39 is 11.8 Å². The van der Waals surface area contributed by atoms with Gasteiger partial charge < -0.3 is 25.2 Å². The Hall–Kier alpha value is -3.46. The number of anilines is 1. The summed E-state index contributed by atoms with van der Waals surface area (Å²) in [6, 6.07) is 11.6. The summed E-state index contributed by atoms with van der Waals surface area (Å²) in [5.41, 5.74) is 7.81. The van der Waals surface area contributed by atoms with E-state index in [1.165, 1.54) is 30.3 Å². The quantitative estimate of drug-likeness (QED) is 0.288. The number of aliphatic carboxylic acids is 1. The highest BCUT2D eigenvalue weighted by Crippen LogP contribution is 2.29. The van der Waals surface area contributed by atoms with Crippen molar-refractivity contribution in [3.05, 3.63) is 65.4 Å². The van der Waals surface area contributed by atoms with E-state index in [2.05, 4.69) is 0 Å². The summed E-state index contributed by atoms with van der Waals surface area (Å²) in [6.07, 6.45) is 3.53. The normalized spacial score (nSPS) is 13.2. The van der Waals surface area contributed by atoms with Crippen molar-refractivity contribution in [3.8, 4) is 11.5 Å². The number of aryl methyl sites for hydroxylation is 1. The molecule has 0 amide bonds. The number of hydrogen-bond acceptors (Lipinski definition) is 7. The fraction of sp³-hybridized carbons (Fsp3) is 0.464. The average molecular weight is 519 g/mol. The van der Waals surface area contributed by atoms with Crippen molar-refractivity contribution >= 4 is 11.7 Å². The second kappa shape index (κ2) is 17.1. The predicted molar refractivity (Wildman–Crippen MR) is 147 cm³/mol. The summed E-state index contributed by atoms with van der Waals surface area (Å²) in [6.45, 7) is 9.54. The number of carbonyl (C=O) groups is 1. The van der Waals surface area contributed by atoms with Crippen LogP contribution >= 0.6 is 0 Å². The number of hydrazine groups is 1. The van der Waals surface area contributed by atoms with E-state index in [4.69, 9.17) is 26.2 Å².